The maximum atomic E-state index is 11.9. The Kier molecular flexibility index (Phi) is 2.99. The van der Waals surface area contributed by atoms with Crippen LogP contribution in [0.3, 0.4) is 0 Å². The van der Waals surface area contributed by atoms with Crippen molar-refractivity contribution < 1.29 is 22.7 Å². The van der Waals surface area contributed by atoms with Gasteiger partial charge in [0.2, 0.25) is 5.88 Å². The summed E-state index contributed by atoms with van der Waals surface area (Å²) in [6, 6.07) is 2.36. The van der Waals surface area contributed by atoms with E-state index >= 15 is 0 Å². The highest BCUT2D eigenvalue weighted by Crippen LogP contribution is 2.26. The number of ether oxygens (including phenoxy) is 1. The number of anilines is 1. The van der Waals surface area contributed by atoms with Crippen LogP contribution in [-0.2, 0) is 0 Å². The van der Waals surface area contributed by atoms with Gasteiger partial charge in [-0.1, -0.05) is 0 Å². The zero-order valence-electron chi connectivity index (χ0n) is 7.58. The van der Waals surface area contributed by atoms with Gasteiger partial charge in [0.15, 0.2) is 12.0 Å². The summed E-state index contributed by atoms with van der Waals surface area (Å²) in [5.74, 6) is -0.992. The van der Waals surface area contributed by atoms with Gasteiger partial charge < -0.3 is 10.5 Å². The molecular weight excluding hydrogens is 227 g/mol. The highest BCUT2D eigenvalue weighted by Gasteiger charge is 2.33. The second kappa shape index (κ2) is 4.06. The van der Waals surface area contributed by atoms with Crippen molar-refractivity contribution in [3.05, 3.63) is 17.3 Å². The lowest BCUT2D eigenvalue weighted by atomic mass is 10.2. The fourth-order valence-corrected chi connectivity index (χ4v) is 0.894. The van der Waals surface area contributed by atoms with Gasteiger partial charge in [-0.2, -0.15) is 10.2 Å². The van der Waals surface area contributed by atoms with Crippen LogP contribution in [0.25, 0.3) is 0 Å². The maximum Gasteiger partial charge on any atom is 0.574 e. The highest BCUT2D eigenvalue weighted by molar-refractivity contribution is 5.80. The molecule has 0 fully saturated rings. The van der Waals surface area contributed by atoms with E-state index in [1.54, 1.807) is 0 Å². The Hall–Kier alpha value is -2.30. The molecule has 0 radical (unpaired) electrons. The number of carbonyl (C=O) groups is 1. The third-order valence-electron chi connectivity index (χ3n) is 1.49. The Morgan fingerprint density at radius 1 is 1.56 bits per heavy atom. The summed E-state index contributed by atoms with van der Waals surface area (Å²) in [6.07, 6.45) is -4.89. The smallest absolute Gasteiger partial charge is 0.396 e. The number of nitrogens with two attached hydrogens (primary N) is 1. The van der Waals surface area contributed by atoms with Crippen molar-refractivity contribution >= 4 is 12.0 Å². The molecule has 0 atom stereocenters. The second-order valence-corrected chi connectivity index (χ2v) is 2.60. The molecule has 0 amide bonds. The van der Waals surface area contributed by atoms with Gasteiger partial charge in [0.05, 0.1) is 11.3 Å². The molecular formula is C8H4F3N3O2. The van der Waals surface area contributed by atoms with E-state index in [0.717, 1.165) is 6.07 Å². The number of hydrogen-bond acceptors (Lipinski definition) is 5. The largest absolute Gasteiger partial charge is 0.574 e. The van der Waals surface area contributed by atoms with Crippen LogP contribution in [0.2, 0.25) is 0 Å². The normalized spacial score (nSPS) is 10.6. The summed E-state index contributed by atoms with van der Waals surface area (Å²) in [4.78, 5) is 13.6. The van der Waals surface area contributed by atoms with Crippen molar-refractivity contribution in [2.75, 3.05) is 5.73 Å². The van der Waals surface area contributed by atoms with Crippen molar-refractivity contribution in [2.45, 2.75) is 6.36 Å². The molecule has 5 nitrogen and oxygen atoms in total. The van der Waals surface area contributed by atoms with Crippen molar-refractivity contribution in [2.24, 2.45) is 0 Å². The van der Waals surface area contributed by atoms with Crippen molar-refractivity contribution in [3.63, 3.8) is 0 Å². The fourth-order valence-electron chi connectivity index (χ4n) is 0.894. The molecule has 0 aliphatic carbocycles. The maximum absolute atomic E-state index is 11.9. The molecule has 0 spiro atoms. The third kappa shape index (κ3) is 2.60. The summed E-state index contributed by atoms with van der Waals surface area (Å²) >= 11 is 0. The first-order valence-corrected chi connectivity index (χ1v) is 3.79. The minimum Gasteiger partial charge on any atom is -0.396 e. The van der Waals surface area contributed by atoms with Gasteiger partial charge in [-0.25, -0.2) is 0 Å². The predicted octanol–water partition coefficient (Wildman–Crippen LogP) is 1.25. The molecule has 0 bridgehead atoms. The molecule has 1 aromatic heterocycles. The van der Waals surface area contributed by atoms with Gasteiger partial charge in [-0.15, -0.1) is 13.2 Å². The van der Waals surface area contributed by atoms with Gasteiger partial charge in [0.25, 0.3) is 0 Å². The topological polar surface area (TPSA) is 89.0 Å². The molecule has 1 heterocycles. The van der Waals surface area contributed by atoms with E-state index in [4.69, 9.17) is 11.0 Å². The van der Waals surface area contributed by atoms with E-state index in [9.17, 15) is 18.0 Å². The van der Waals surface area contributed by atoms with Gasteiger partial charge in [-0.05, 0) is 6.07 Å². The molecule has 0 aliphatic rings. The number of alkyl halides is 3. The predicted molar refractivity (Wildman–Crippen MR) is 45.4 cm³/mol. The standard InChI is InChI=1S/C8H4F3N3O2/c9-8(10,11)16-7-4(3-15)1-5(13)6(2-12)14-7/h1,3H,13H2. The average molecular weight is 231 g/mol. The van der Waals surface area contributed by atoms with E-state index in [0.29, 0.717) is 0 Å². The van der Waals surface area contributed by atoms with Crippen molar-refractivity contribution in [1.29, 1.82) is 5.26 Å². The van der Waals surface area contributed by atoms with Crippen LogP contribution in [0.4, 0.5) is 18.9 Å². The van der Waals surface area contributed by atoms with Gasteiger partial charge >= 0.3 is 6.36 Å². The van der Waals surface area contributed by atoms with Crippen molar-refractivity contribution in [1.82, 2.24) is 4.98 Å². The van der Waals surface area contributed by atoms with E-state index in [-0.39, 0.29) is 12.0 Å². The number of aromatic nitrogens is 1. The lowest BCUT2D eigenvalue weighted by Crippen LogP contribution is -2.19. The Bertz CT molecular complexity index is 465. The Balaban J connectivity index is 3.27. The molecule has 0 saturated carbocycles. The summed E-state index contributed by atoms with van der Waals surface area (Å²) < 4.78 is 39.2. The number of carbonyl (C=O) groups excluding carboxylic acids is 1. The van der Waals surface area contributed by atoms with Gasteiger partial charge in [0.1, 0.15) is 6.07 Å². The van der Waals surface area contributed by atoms with Crippen LogP contribution in [-0.4, -0.2) is 17.6 Å². The van der Waals surface area contributed by atoms with Crippen LogP contribution >= 0.6 is 0 Å². The van der Waals surface area contributed by atoms with Crippen LogP contribution in [0.5, 0.6) is 5.88 Å². The zero-order valence-corrected chi connectivity index (χ0v) is 7.58. The molecule has 1 aromatic rings. The monoisotopic (exact) mass is 231 g/mol. The van der Waals surface area contributed by atoms with Gasteiger partial charge in [0, 0.05) is 0 Å². The average Bonchev–Trinajstić information content (AvgIpc) is 2.18. The number of nitrogens with zero attached hydrogens (tertiary/aromatic N) is 2. The minimum atomic E-state index is -4.99. The minimum absolute atomic E-state index is 0.103. The summed E-state index contributed by atoms with van der Waals surface area (Å²) in [6.45, 7) is 0. The number of rotatable bonds is 2. The van der Waals surface area contributed by atoms with Crippen LogP contribution in [0.15, 0.2) is 6.07 Å². The summed E-state index contributed by atoms with van der Waals surface area (Å²) in [5, 5.41) is 8.49. The molecule has 84 valence electrons. The number of halogens is 3. The number of aldehydes is 1. The molecule has 0 aliphatic heterocycles. The number of pyridine rings is 1. The van der Waals surface area contributed by atoms with E-state index in [1.165, 1.54) is 6.07 Å². The third-order valence-corrected chi connectivity index (χ3v) is 1.49. The molecule has 0 saturated heterocycles. The molecule has 1 rings (SSSR count). The Morgan fingerprint density at radius 3 is 2.62 bits per heavy atom. The van der Waals surface area contributed by atoms with E-state index < -0.39 is 23.5 Å². The van der Waals surface area contributed by atoms with Crippen molar-refractivity contribution in [3.8, 4) is 11.9 Å². The number of nitriles is 1. The Labute approximate surface area is 87.3 Å². The number of hydrogen-bond donors (Lipinski definition) is 1. The second-order valence-electron chi connectivity index (χ2n) is 2.60. The zero-order chi connectivity index (χ0) is 12.3. The molecule has 8 heteroatoms. The molecule has 16 heavy (non-hydrogen) atoms. The molecule has 2 N–H and O–H groups in total. The van der Waals surface area contributed by atoms with Gasteiger partial charge in [-0.3, -0.25) is 4.79 Å². The lowest BCUT2D eigenvalue weighted by molar-refractivity contribution is -0.276. The summed E-state index contributed by atoms with van der Waals surface area (Å²) in [7, 11) is 0. The Morgan fingerprint density at radius 2 is 2.19 bits per heavy atom. The first kappa shape index (κ1) is 11.8. The SMILES string of the molecule is N#Cc1nc(OC(F)(F)F)c(C=O)cc1N. The lowest BCUT2D eigenvalue weighted by Gasteiger charge is -2.10. The van der Waals surface area contributed by atoms with Crippen LogP contribution in [0.1, 0.15) is 16.1 Å². The number of nitrogen functional groups attached to an aromatic ring is 1. The first-order valence-electron chi connectivity index (χ1n) is 3.79. The van der Waals surface area contributed by atoms with Crippen LogP contribution < -0.4 is 10.5 Å². The first-order chi connectivity index (χ1) is 7.37. The van der Waals surface area contributed by atoms with Crippen LogP contribution in [0, 0.1) is 11.3 Å². The molecule has 0 aromatic carbocycles. The van der Waals surface area contributed by atoms with E-state index in [2.05, 4.69) is 9.72 Å². The quantitative estimate of drug-likeness (QED) is 0.773. The highest BCUT2D eigenvalue weighted by atomic mass is 19.4. The summed E-state index contributed by atoms with van der Waals surface area (Å²) in [5.41, 5.74) is 4.15. The molecule has 0 unspecified atom stereocenters. The fraction of sp³-hybridized carbons (Fsp3) is 0.125. The van der Waals surface area contributed by atoms with E-state index in [1.807, 2.05) is 0 Å².